The second kappa shape index (κ2) is 9.41. The molecule has 3 aromatic rings. The lowest BCUT2D eigenvalue weighted by Gasteiger charge is -2.10. The molecule has 3 N–H and O–H groups in total. The number of carbonyl (C=O) groups is 2. The van der Waals surface area contributed by atoms with Gasteiger partial charge < -0.3 is 9.47 Å². The van der Waals surface area contributed by atoms with E-state index in [1.807, 2.05) is 42.5 Å². The van der Waals surface area contributed by atoms with Crippen molar-refractivity contribution in [2.75, 3.05) is 14.2 Å². The van der Waals surface area contributed by atoms with Gasteiger partial charge in [-0.15, -0.1) is 0 Å². The number of amides is 2. The zero-order valence-corrected chi connectivity index (χ0v) is 16.2. The highest BCUT2D eigenvalue weighted by molar-refractivity contribution is 5.94. The van der Waals surface area contributed by atoms with Gasteiger partial charge in [0.1, 0.15) is 5.69 Å². The average molecular weight is 394 g/mol. The molecule has 2 amide bonds. The van der Waals surface area contributed by atoms with Crippen LogP contribution >= 0.6 is 0 Å². The molecule has 0 fully saturated rings. The lowest BCUT2D eigenvalue weighted by Crippen LogP contribution is -2.41. The van der Waals surface area contributed by atoms with Gasteiger partial charge in [0.25, 0.3) is 5.91 Å². The van der Waals surface area contributed by atoms with Gasteiger partial charge in [-0.3, -0.25) is 25.5 Å². The van der Waals surface area contributed by atoms with Gasteiger partial charge in [0.15, 0.2) is 11.5 Å². The molecule has 0 aliphatic heterocycles. The van der Waals surface area contributed by atoms with Crippen LogP contribution in [0, 0.1) is 0 Å². The third-order valence-electron chi connectivity index (χ3n) is 4.30. The number of aryl methyl sites for hydroxylation is 1. The number of rotatable bonds is 7. The van der Waals surface area contributed by atoms with Crippen molar-refractivity contribution < 1.29 is 19.1 Å². The zero-order chi connectivity index (χ0) is 20.6. The van der Waals surface area contributed by atoms with E-state index in [0.29, 0.717) is 23.6 Å². The van der Waals surface area contributed by atoms with Gasteiger partial charge in [-0.1, -0.05) is 36.4 Å². The lowest BCUT2D eigenvalue weighted by molar-refractivity contribution is -0.121. The van der Waals surface area contributed by atoms with Crippen LogP contribution in [0.3, 0.4) is 0 Å². The predicted molar refractivity (Wildman–Crippen MR) is 107 cm³/mol. The van der Waals surface area contributed by atoms with Crippen molar-refractivity contribution in [2.24, 2.45) is 0 Å². The number of hydrogen-bond donors (Lipinski definition) is 3. The van der Waals surface area contributed by atoms with Crippen LogP contribution < -0.4 is 20.3 Å². The third kappa shape index (κ3) is 5.13. The molecule has 29 heavy (non-hydrogen) atoms. The molecule has 2 aromatic carbocycles. The van der Waals surface area contributed by atoms with Gasteiger partial charge in [0.2, 0.25) is 5.91 Å². The Hall–Kier alpha value is -3.81. The van der Waals surface area contributed by atoms with Gasteiger partial charge >= 0.3 is 0 Å². The topological polar surface area (TPSA) is 105 Å². The Balaban J connectivity index is 1.49. The number of benzene rings is 2. The minimum Gasteiger partial charge on any atom is -0.493 e. The Morgan fingerprint density at radius 3 is 2.45 bits per heavy atom. The third-order valence-corrected chi connectivity index (χ3v) is 4.30. The van der Waals surface area contributed by atoms with Gasteiger partial charge in [0, 0.05) is 12.0 Å². The molecule has 0 aliphatic carbocycles. The van der Waals surface area contributed by atoms with Crippen LogP contribution in [-0.4, -0.2) is 36.2 Å². The fourth-order valence-corrected chi connectivity index (χ4v) is 2.75. The Kier molecular flexibility index (Phi) is 6.47. The number of H-pyrrole nitrogens is 1. The predicted octanol–water partition coefficient (Wildman–Crippen LogP) is 2.49. The fraction of sp³-hybridized carbons (Fsp3) is 0.190. The molecule has 8 heteroatoms. The van der Waals surface area contributed by atoms with Crippen molar-refractivity contribution in [2.45, 2.75) is 12.8 Å². The van der Waals surface area contributed by atoms with E-state index in [1.54, 1.807) is 26.4 Å². The Labute approximate surface area is 168 Å². The van der Waals surface area contributed by atoms with Crippen molar-refractivity contribution in [1.29, 1.82) is 0 Å². The largest absolute Gasteiger partial charge is 0.493 e. The number of methoxy groups -OCH3 is 2. The van der Waals surface area contributed by atoms with E-state index in [1.165, 1.54) is 0 Å². The van der Waals surface area contributed by atoms with Crippen molar-refractivity contribution in [3.8, 4) is 22.8 Å². The maximum absolute atomic E-state index is 12.2. The van der Waals surface area contributed by atoms with Crippen molar-refractivity contribution in [3.05, 3.63) is 65.9 Å². The van der Waals surface area contributed by atoms with E-state index in [4.69, 9.17) is 9.47 Å². The van der Waals surface area contributed by atoms with Gasteiger partial charge in [-0.2, -0.15) is 5.10 Å². The number of nitrogens with zero attached hydrogens (tertiary/aromatic N) is 1. The number of carbonyl (C=O) groups excluding carboxylic acids is 2. The lowest BCUT2D eigenvalue weighted by atomic mass is 10.1. The molecule has 1 aromatic heterocycles. The molecule has 0 aliphatic rings. The SMILES string of the molecule is COc1ccc(CCC(=O)NNC(=O)c2cc(-c3ccccc3)n[nH]2)cc1OC. The van der Waals surface area contributed by atoms with Gasteiger partial charge in [-0.25, -0.2) is 0 Å². The average Bonchev–Trinajstić information content (AvgIpc) is 3.27. The first-order chi connectivity index (χ1) is 14.1. The number of nitrogens with one attached hydrogen (secondary N) is 3. The summed E-state index contributed by atoms with van der Waals surface area (Å²) in [5, 5.41) is 6.79. The minimum absolute atomic E-state index is 0.202. The van der Waals surface area contributed by atoms with E-state index in [0.717, 1.165) is 11.1 Å². The summed E-state index contributed by atoms with van der Waals surface area (Å²) in [4.78, 5) is 24.2. The summed E-state index contributed by atoms with van der Waals surface area (Å²) < 4.78 is 10.4. The van der Waals surface area contributed by atoms with E-state index in [9.17, 15) is 9.59 Å². The smallest absolute Gasteiger partial charge is 0.287 e. The number of hydrogen-bond acceptors (Lipinski definition) is 5. The van der Waals surface area contributed by atoms with Crippen LogP contribution in [0.1, 0.15) is 22.5 Å². The second-order valence-corrected chi connectivity index (χ2v) is 6.22. The van der Waals surface area contributed by atoms with E-state index in [-0.39, 0.29) is 18.0 Å². The molecule has 0 radical (unpaired) electrons. The maximum Gasteiger partial charge on any atom is 0.287 e. The summed E-state index contributed by atoms with van der Waals surface area (Å²) in [6, 6.07) is 16.6. The molecule has 0 saturated heterocycles. The Morgan fingerprint density at radius 1 is 0.966 bits per heavy atom. The summed E-state index contributed by atoms with van der Waals surface area (Å²) in [5.74, 6) is 0.449. The van der Waals surface area contributed by atoms with Crippen molar-refractivity contribution >= 4 is 11.8 Å². The van der Waals surface area contributed by atoms with Crippen LogP contribution in [0.15, 0.2) is 54.6 Å². The van der Waals surface area contributed by atoms with Crippen LogP contribution in [0.25, 0.3) is 11.3 Å². The first-order valence-electron chi connectivity index (χ1n) is 9.01. The highest BCUT2D eigenvalue weighted by Gasteiger charge is 2.12. The summed E-state index contributed by atoms with van der Waals surface area (Å²) >= 11 is 0. The quantitative estimate of drug-likeness (QED) is 0.534. The van der Waals surface area contributed by atoms with E-state index < -0.39 is 5.91 Å². The Morgan fingerprint density at radius 2 is 1.72 bits per heavy atom. The first kappa shape index (κ1) is 19.9. The summed E-state index contributed by atoms with van der Waals surface area (Å²) in [7, 11) is 3.12. The molecule has 0 atom stereocenters. The summed E-state index contributed by atoms with van der Waals surface area (Å²) in [6.07, 6.45) is 0.693. The number of aromatic nitrogens is 2. The molecule has 8 nitrogen and oxygen atoms in total. The molecule has 150 valence electrons. The molecular weight excluding hydrogens is 372 g/mol. The molecule has 0 unspecified atom stereocenters. The first-order valence-corrected chi connectivity index (χ1v) is 9.01. The van der Waals surface area contributed by atoms with Crippen molar-refractivity contribution in [3.63, 3.8) is 0 Å². The molecule has 0 bridgehead atoms. The molecular formula is C21H22N4O4. The van der Waals surface area contributed by atoms with Crippen LogP contribution in [0.5, 0.6) is 11.5 Å². The second-order valence-electron chi connectivity index (χ2n) is 6.22. The van der Waals surface area contributed by atoms with Crippen LogP contribution in [-0.2, 0) is 11.2 Å². The molecule has 0 spiro atoms. The molecule has 1 heterocycles. The van der Waals surface area contributed by atoms with Crippen LogP contribution in [0.2, 0.25) is 0 Å². The number of aromatic amines is 1. The summed E-state index contributed by atoms with van der Waals surface area (Å²) in [5.41, 5.74) is 7.51. The minimum atomic E-state index is -0.473. The normalized spacial score (nSPS) is 10.3. The molecule has 0 saturated carbocycles. The zero-order valence-electron chi connectivity index (χ0n) is 16.2. The van der Waals surface area contributed by atoms with E-state index in [2.05, 4.69) is 21.0 Å². The number of hydrazine groups is 1. The Bertz CT molecular complexity index is 985. The van der Waals surface area contributed by atoms with E-state index >= 15 is 0 Å². The van der Waals surface area contributed by atoms with Crippen LogP contribution in [0.4, 0.5) is 0 Å². The highest BCUT2D eigenvalue weighted by Crippen LogP contribution is 2.27. The fourth-order valence-electron chi connectivity index (χ4n) is 2.75. The summed E-state index contributed by atoms with van der Waals surface area (Å²) in [6.45, 7) is 0. The standard InChI is InChI=1S/C21H22N4O4/c1-28-18-10-8-14(12-19(18)29-2)9-11-20(26)24-25-21(27)17-13-16(22-23-17)15-6-4-3-5-7-15/h3-8,10,12-13H,9,11H2,1-2H3,(H,22,23)(H,24,26)(H,25,27). The molecule has 3 rings (SSSR count). The highest BCUT2D eigenvalue weighted by atomic mass is 16.5. The van der Waals surface area contributed by atoms with Gasteiger partial charge in [0.05, 0.1) is 19.9 Å². The monoisotopic (exact) mass is 394 g/mol. The van der Waals surface area contributed by atoms with Gasteiger partial charge in [-0.05, 0) is 30.2 Å². The number of ether oxygens (including phenoxy) is 2. The maximum atomic E-state index is 12.2. The van der Waals surface area contributed by atoms with Crippen molar-refractivity contribution in [1.82, 2.24) is 21.0 Å².